The van der Waals surface area contributed by atoms with Crippen molar-refractivity contribution in [2.75, 3.05) is 0 Å². The second-order valence-electron chi connectivity index (χ2n) is 6.02. The van der Waals surface area contributed by atoms with Crippen molar-refractivity contribution in [3.63, 3.8) is 0 Å². The van der Waals surface area contributed by atoms with Gasteiger partial charge in [0.1, 0.15) is 0 Å². The number of para-hydroxylation sites is 2. The van der Waals surface area contributed by atoms with E-state index in [1.165, 1.54) is 11.1 Å². The molecule has 0 spiro atoms. The Labute approximate surface area is 187 Å². The van der Waals surface area contributed by atoms with Crippen LogP contribution in [0.3, 0.4) is 0 Å². The molecule has 3 aromatic rings. The molecule has 0 saturated carbocycles. The average molecular weight is 468 g/mol. The summed E-state index contributed by atoms with van der Waals surface area (Å²) in [7, 11) is 9.53. The molecule has 0 N–H and O–H groups in total. The summed E-state index contributed by atoms with van der Waals surface area (Å²) in [5, 5.41) is 0. The summed E-state index contributed by atoms with van der Waals surface area (Å²) in [5.41, 5.74) is 6.10. The zero-order valence-electron chi connectivity index (χ0n) is 16.4. The van der Waals surface area contributed by atoms with E-state index < -0.39 is 0 Å². The molecule has 1 aromatic heterocycles. The molecule has 152 valence electrons. The van der Waals surface area contributed by atoms with Crippen LogP contribution in [0.5, 0.6) is 0 Å². The SMILES string of the molecule is CCc1ccccc1N=Cc1cccc(C=Nc2ccccc2CC)n1.[Cl][Fe][Cl]. The number of aryl methyl sites for hydroxylation is 2. The van der Waals surface area contributed by atoms with Gasteiger partial charge in [0, 0.05) is 0 Å². The molecular formula is C23H23Cl2FeN3. The maximum absolute atomic E-state index is 4.76. The summed E-state index contributed by atoms with van der Waals surface area (Å²) in [5.74, 6) is 0. The van der Waals surface area contributed by atoms with E-state index in [0.717, 1.165) is 35.6 Å². The van der Waals surface area contributed by atoms with Gasteiger partial charge in [0.2, 0.25) is 0 Å². The van der Waals surface area contributed by atoms with E-state index in [4.69, 9.17) is 20.2 Å². The molecule has 0 saturated heterocycles. The van der Waals surface area contributed by atoms with Crippen LogP contribution in [-0.2, 0) is 26.0 Å². The fraction of sp³-hybridized carbons (Fsp3) is 0.174. The standard InChI is InChI=1S/C23H23N3.2ClH.Fe/c1-3-18-10-5-7-14-22(18)24-16-20-12-9-13-21(26-20)17-25-23-15-8-6-11-19(23)4-2;;;/h5-17H,3-4H2,1-2H3;2*1H;/q;;;+2/p-2. The Hall–Kier alpha value is -1.97. The summed E-state index contributed by atoms with van der Waals surface area (Å²) in [6, 6.07) is 22.3. The van der Waals surface area contributed by atoms with Crippen molar-refractivity contribution in [1.82, 2.24) is 4.98 Å². The molecule has 0 radical (unpaired) electrons. The topological polar surface area (TPSA) is 37.6 Å². The zero-order chi connectivity index (χ0) is 20.9. The molecule has 0 aliphatic carbocycles. The number of aliphatic imine (C=N–C) groups is 2. The molecule has 0 amide bonds. The Balaban J connectivity index is 0.000000941. The summed E-state index contributed by atoms with van der Waals surface area (Å²) in [4.78, 5) is 13.8. The predicted molar refractivity (Wildman–Crippen MR) is 122 cm³/mol. The average Bonchev–Trinajstić information content (AvgIpc) is 2.77. The molecule has 0 unspecified atom stereocenters. The molecule has 6 heteroatoms. The minimum absolute atomic E-state index is 0.194. The molecule has 0 bridgehead atoms. The molecule has 3 rings (SSSR count). The third kappa shape index (κ3) is 7.75. The van der Waals surface area contributed by atoms with Gasteiger partial charge in [-0.15, -0.1) is 0 Å². The second-order valence-corrected chi connectivity index (χ2v) is 7.84. The zero-order valence-corrected chi connectivity index (χ0v) is 19.0. The molecule has 0 fully saturated rings. The van der Waals surface area contributed by atoms with Crippen LogP contribution in [0.1, 0.15) is 36.4 Å². The van der Waals surface area contributed by atoms with Gasteiger partial charge in [0.05, 0.1) is 35.2 Å². The van der Waals surface area contributed by atoms with E-state index in [9.17, 15) is 0 Å². The van der Waals surface area contributed by atoms with E-state index in [2.05, 4.69) is 40.9 Å². The Morgan fingerprint density at radius 2 is 1.14 bits per heavy atom. The Morgan fingerprint density at radius 1 is 0.724 bits per heavy atom. The summed E-state index contributed by atoms with van der Waals surface area (Å²) < 4.78 is 0. The van der Waals surface area contributed by atoms with Gasteiger partial charge < -0.3 is 0 Å². The molecule has 1 heterocycles. The van der Waals surface area contributed by atoms with Crippen molar-refractivity contribution in [2.24, 2.45) is 9.98 Å². The normalized spacial score (nSPS) is 11.0. The summed E-state index contributed by atoms with van der Waals surface area (Å²) >= 11 is 0.194. The van der Waals surface area contributed by atoms with Crippen molar-refractivity contribution < 1.29 is 13.1 Å². The van der Waals surface area contributed by atoms with Gasteiger partial charge in [-0.1, -0.05) is 56.3 Å². The van der Waals surface area contributed by atoms with E-state index in [0.29, 0.717) is 0 Å². The Kier molecular flexibility index (Phi) is 10.7. The van der Waals surface area contributed by atoms with Crippen LogP contribution in [-0.4, -0.2) is 17.4 Å². The van der Waals surface area contributed by atoms with Gasteiger partial charge in [-0.3, -0.25) is 9.98 Å². The van der Waals surface area contributed by atoms with Crippen molar-refractivity contribution >= 4 is 44.0 Å². The van der Waals surface area contributed by atoms with Crippen LogP contribution in [0, 0.1) is 0 Å². The number of hydrogen-bond donors (Lipinski definition) is 0. The first-order valence-corrected chi connectivity index (χ1v) is 12.3. The number of pyridine rings is 1. The molecule has 2 aromatic carbocycles. The van der Waals surface area contributed by atoms with Crippen molar-refractivity contribution in [1.29, 1.82) is 0 Å². The number of hydrogen-bond acceptors (Lipinski definition) is 3. The van der Waals surface area contributed by atoms with Gasteiger partial charge in [-0.25, -0.2) is 4.98 Å². The first-order chi connectivity index (χ1) is 14.2. The number of rotatable bonds is 6. The number of nitrogens with zero attached hydrogens (tertiary/aromatic N) is 3. The third-order valence-electron chi connectivity index (χ3n) is 4.21. The van der Waals surface area contributed by atoms with E-state index >= 15 is 0 Å². The van der Waals surface area contributed by atoms with E-state index in [-0.39, 0.29) is 13.1 Å². The number of aromatic nitrogens is 1. The fourth-order valence-electron chi connectivity index (χ4n) is 2.76. The molecule has 0 aliphatic heterocycles. The molecule has 0 atom stereocenters. The number of benzene rings is 2. The maximum atomic E-state index is 4.76. The van der Waals surface area contributed by atoms with Gasteiger partial charge in [0.25, 0.3) is 0 Å². The Morgan fingerprint density at radius 3 is 1.55 bits per heavy atom. The molecule has 3 nitrogen and oxygen atoms in total. The Bertz CT molecular complexity index is 885. The molecule has 29 heavy (non-hydrogen) atoms. The first kappa shape index (κ1) is 23.3. The first-order valence-electron chi connectivity index (χ1n) is 9.28. The van der Waals surface area contributed by atoms with Gasteiger partial charge in [-0.2, -0.15) is 0 Å². The second kappa shape index (κ2) is 13.3. The number of halogens is 2. The molecular weight excluding hydrogens is 445 g/mol. The predicted octanol–water partition coefficient (Wildman–Crippen LogP) is 7.08. The van der Waals surface area contributed by atoms with Crippen LogP contribution in [0.15, 0.2) is 76.7 Å². The van der Waals surface area contributed by atoms with Crippen molar-refractivity contribution in [3.8, 4) is 0 Å². The third-order valence-corrected chi connectivity index (χ3v) is 4.21. The van der Waals surface area contributed by atoms with Crippen molar-refractivity contribution in [3.05, 3.63) is 89.2 Å². The van der Waals surface area contributed by atoms with Crippen LogP contribution >= 0.6 is 20.2 Å². The monoisotopic (exact) mass is 467 g/mol. The van der Waals surface area contributed by atoms with Gasteiger partial charge >= 0.3 is 33.3 Å². The van der Waals surface area contributed by atoms with Crippen LogP contribution in [0.2, 0.25) is 0 Å². The van der Waals surface area contributed by atoms with Crippen LogP contribution in [0.25, 0.3) is 0 Å². The van der Waals surface area contributed by atoms with E-state index in [1.54, 1.807) is 0 Å². The molecule has 0 aliphatic rings. The minimum atomic E-state index is 0.194. The quantitative estimate of drug-likeness (QED) is 0.281. The van der Waals surface area contributed by atoms with E-state index in [1.807, 2.05) is 67.0 Å². The summed E-state index contributed by atoms with van der Waals surface area (Å²) in [6.45, 7) is 4.27. The van der Waals surface area contributed by atoms with Crippen LogP contribution in [0.4, 0.5) is 11.4 Å². The van der Waals surface area contributed by atoms with Crippen LogP contribution < -0.4 is 0 Å². The van der Waals surface area contributed by atoms with Crippen molar-refractivity contribution in [2.45, 2.75) is 26.7 Å². The summed E-state index contributed by atoms with van der Waals surface area (Å²) in [6.07, 6.45) is 5.55. The van der Waals surface area contributed by atoms with Gasteiger partial charge in [0.15, 0.2) is 0 Å². The fourth-order valence-corrected chi connectivity index (χ4v) is 2.76. The van der Waals surface area contributed by atoms with Gasteiger partial charge in [-0.05, 0) is 48.2 Å².